The number of nitrogens with one attached hydrogen (secondary N) is 1. The summed E-state index contributed by atoms with van der Waals surface area (Å²) in [5.41, 5.74) is 0. The quantitative estimate of drug-likeness (QED) is 0.151. The number of nitriles is 1. The van der Waals surface area contributed by atoms with Gasteiger partial charge in [-0.25, -0.2) is 0 Å². The molecule has 2 unspecified atom stereocenters. The van der Waals surface area contributed by atoms with Crippen molar-refractivity contribution in [2.24, 2.45) is 0 Å². The molecule has 0 aromatic heterocycles. The lowest BCUT2D eigenvalue weighted by atomic mass is 10.1. The van der Waals surface area contributed by atoms with Crippen LogP contribution in [0.3, 0.4) is 0 Å². The number of amides is 1. The minimum atomic E-state index is 0.257. The lowest BCUT2D eigenvalue weighted by molar-refractivity contribution is -0.131. The summed E-state index contributed by atoms with van der Waals surface area (Å²) < 4.78 is 10.9. The molecular weight excluding hydrogens is 469 g/mol. The Hall–Kier alpha value is -0.730. The van der Waals surface area contributed by atoms with E-state index in [0.29, 0.717) is 33.9 Å². The molecule has 0 aromatic rings. The van der Waals surface area contributed by atoms with Gasteiger partial charge in [-0.1, -0.05) is 86.0 Å². The number of carbonyl (C=O) groups is 1. The van der Waals surface area contributed by atoms with Crippen LogP contribution in [0.2, 0.25) is 0 Å². The maximum Gasteiger partial charge on any atom is 0.222 e. The zero-order valence-corrected chi connectivity index (χ0v) is 26.5. The molecule has 216 valence electrons. The largest absolute Gasteiger partial charge is 0.374 e. The third-order valence-corrected chi connectivity index (χ3v) is 6.24. The van der Waals surface area contributed by atoms with Gasteiger partial charge in [-0.3, -0.25) is 9.88 Å². The van der Waals surface area contributed by atoms with Crippen LogP contribution in [-0.4, -0.2) is 48.8 Å². The van der Waals surface area contributed by atoms with Crippen LogP contribution in [0.5, 0.6) is 0 Å². The van der Waals surface area contributed by atoms with Crippen molar-refractivity contribution in [2.45, 2.75) is 158 Å². The first-order valence-corrected chi connectivity index (χ1v) is 15.7. The summed E-state index contributed by atoms with van der Waals surface area (Å²) in [6, 6.07) is 2.47. The summed E-state index contributed by atoms with van der Waals surface area (Å²) in [4.78, 5) is 14.2. The van der Waals surface area contributed by atoms with Crippen LogP contribution >= 0.6 is 8.96 Å². The molecule has 0 aromatic carbocycles. The molecule has 1 heterocycles. The Bertz CT molecular complexity index is 485. The second kappa shape index (κ2) is 32.3. The molecule has 1 rings (SSSR count). The third kappa shape index (κ3) is 29.5. The Balaban J connectivity index is -0.000000652. The molecule has 6 nitrogen and oxygen atoms in total. The van der Waals surface area contributed by atoms with Crippen LogP contribution in [0.25, 0.3) is 0 Å². The maximum absolute atomic E-state index is 12.2. The SMILES string of the molecule is CC.CC.CC(C)NPOCCC#N.CCCCCCCCCCCC(=O)N1CCC(OC(C)C)C1. The highest BCUT2D eigenvalue weighted by atomic mass is 31.1. The van der Waals surface area contributed by atoms with Gasteiger partial charge in [0.15, 0.2) is 0 Å². The second-order valence-corrected chi connectivity index (χ2v) is 9.95. The lowest BCUT2D eigenvalue weighted by Crippen LogP contribution is -2.30. The summed E-state index contributed by atoms with van der Waals surface area (Å²) >= 11 is 0. The van der Waals surface area contributed by atoms with E-state index in [-0.39, 0.29) is 12.2 Å². The van der Waals surface area contributed by atoms with Crippen LogP contribution in [-0.2, 0) is 14.1 Å². The molecule has 0 radical (unpaired) electrons. The van der Waals surface area contributed by atoms with E-state index in [1.165, 1.54) is 51.4 Å². The Morgan fingerprint density at radius 3 is 2.06 bits per heavy atom. The van der Waals surface area contributed by atoms with Gasteiger partial charge in [-0.05, 0) is 40.5 Å². The van der Waals surface area contributed by atoms with E-state index in [1.54, 1.807) is 0 Å². The van der Waals surface area contributed by atoms with Crippen molar-refractivity contribution in [3.8, 4) is 6.07 Å². The molecule has 1 saturated heterocycles. The second-order valence-electron chi connectivity index (χ2n) is 9.17. The lowest BCUT2D eigenvalue weighted by Gasteiger charge is -2.18. The molecule has 0 bridgehead atoms. The Kier molecular flexibility index (Phi) is 35.7. The van der Waals surface area contributed by atoms with Gasteiger partial charge < -0.3 is 14.2 Å². The van der Waals surface area contributed by atoms with Gasteiger partial charge in [0.05, 0.1) is 40.3 Å². The van der Waals surface area contributed by atoms with E-state index >= 15 is 0 Å². The maximum atomic E-state index is 12.2. The van der Waals surface area contributed by atoms with Gasteiger partial charge in [0.2, 0.25) is 5.91 Å². The van der Waals surface area contributed by atoms with Crippen molar-refractivity contribution in [1.82, 2.24) is 9.99 Å². The zero-order valence-electron chi connectivity index (χ0n) is 25.5. The molecule has 0 aliphatic carbocycles. The molecule has 0 saturated carbocycles. The number of hydrogen-bond acceptors (Lipinski definition) is 5. The van der Waals surface area contributed by atoms with E-state index in [0.717, 1.165) is 32.4 Å². The number of rotatable bonds is 17. The molecule has 1 aliphatic rings. The fourth-order valence-electron chi connectivity index (χ4n) is 3.50. The first-order valence-electron chi connectivity index (χ1n) is 14.8. The molecule has 0 spiro atoms. The molecular formula is C29H62N3O3P. The Labute approximate surface area is 227 Å². The normalized spacial score (nSPS) is 14.6. The van der Waals surface area contributed by atoms with Gasteiger partial charge in [0.1, 0.15) is 0 Å². The van der Waals surface area contributed by atoms with Gasteiger partial charge >= 0.3 is 0 Å². The highest BCUT2D eigenvalue weighted by Gasteiger charge is 2.26. The predicted octanol–water partition coefficient (Wildman–Crippen LogP) is 8.41. The zero-order chi connectivity index (χ0) is 28.0. The highest BCUT2D eigenvalue weighted by molar-refractivity contribution is 7.29. The number of hydrogen-bond donors (Lipinski definition) is 1. The number of likely N-dealkylation sites (tertiary alicyclic amines) is 1. The van der Waals surface area contributed by atoms with E-state index in [9.17, 15) is 4.79 Å². The minimum absolute atomic E-state index is 0.257. The summed E-state index contributed by atoms with van der Waals surface area (Å²) in [6.45, 7) is 20.7. The molecule has 2 atom stereocenters. The van der Waals surface area contributed by atoms with E-state index < -0.39 is 0 Å². The molecule has 36 heavy (non-hydrogen) atoms. The highest BCUT2D eigenvalue weighted by Crippen LogP contribution is 2.17. The van der Waals surface area contributed by atoms with Gasteiger partial charge in [0, 0.05) is 25.6 Å². The van der Waals surface area contributed by atoms with Gasteiger partial charge in [0.25, 0.3) is 0 Å². The van der Waals surface area contributed by atoms with Crippen LogP contribution in [0.15, 0.2) is 0 Å². The minimum Gasteiger partial charge on any atom is -0.374 e. The van der Waals surface area contributed by atoms with Crippen LogP contribution in [0.1, 0.15) is 139 Å². The molecule has 7 heteroatoms. The van der Waals surface area contributed by atoms with Crippen LogP contribution in [0, 0.1) is 11.3 Å². The Morgan fingerprint density at radius 1 is 1.00 bits per heavy atom. The topological polar surface area (TPSA) is 74.6 Å². The van der Waals surface area contributed by atoms with Gasteiger partial charge in [-0.15, -0.1) is 0 Å². The molecule has 1 amide bonds. The van der Waals surface area contributed by atoms with Gasteiger partial charge in [-0.2, -0.15) is 5.26 Å². The van der Waals surface area contributed by atoms with Crippen molar-refractivity contribution in [3.05, 3.63) is 0 Å². The van der Waals surface area contributed by atoms with E-state index in [2.05, 4.69) is 39.7 Å². The fraction of sp³-hybridized carbons (Fsp3) is 0.931. The summed E-state index contributed by atoms with van der Waals surface area (Å²) in [7, 11) is 0.321. The van der Waals surface area contributed by atoms with Crippen molar-refractivity contribution >= 4 is 14.9 Å². The summed E-state index contributed by atoms with van der Waals surface area (Å²) in [6.07, 6.45) is 14.5. The molecule has 1 aliphatic heterocycles. The van der Waals surface area contributed by atoms with Crippen molar-refractivity contribution in [2.75, 3.05) is 19.7 Å². The summed E-state index contributed by atoms with van der Waals surface area (Å²) in [5, 5.41) is 11.2. The average Bonchev–Trinajstić information content (AvgIpc) is 3.33. The molecule has 1 fully saturated rings. The smallest absolute Gasteiger partial charge is 0.222 e. The number of nitrogens with zero attached hydrogens (tertiary/aromatic N) is 2. The summed E-state index contributed by atoms with van der Waals surface area (Å²) in [5.74, 6) is 0.331. The number of ether oxygens (including phenoxy) is 1. The van der Waals surface area contributed by atoms with E-state index in [1.807, 2.05) is 38.7 Å². The fourth-order valence-corrected chi connectivity index (χ4v) is 4.03. The first kappa shape index (κ1) is 39.8. The Morgan fingerprint density at radius 2 is 1.56 bits per heavy atom. The van der Waals surface area contributed by atoms with E-state index in [4.69, 9.17) is 14.5 Å². The number of unbranched alkanes of at least 4 members (excludes halogenated alkanes) is 8. The number of carbonyl (C=O) groups excluding carboxylic acids is 1. The first-order chi connectivity index (χ1) is 17.4. The standard InChI is InChI=1S/C19H37NO2.C6H13N2OP.2C2H6/c1-4-5-6-7-8-9-10-11-12-13-19(21)20-15-14-18(16-20)22-17(2)3;1-6(2)8-10-9-5-3-4-7;2*1-2/h17-18H,4-16H2,1-3H3;6,8,10H,3,5H2,1-2H3;2*1-2H3. The van der Waals surface area contributed by atoms with Crippen LogP contribution < -0.4 is 5.09 Å². The van der Waals surface area contributed by atoms with Crippen molar-refractivity contribution < 1.29 is 14.1 Å². The van der Waals surface area contributed by atoms with Crippen molar-refractivity contribution in [1.29, 1.82) is 5.26 Å². The average molecular weight is 532 g/mol. The van der Waals surface area contributed by atoms with Crippen LogP contribution in [0.4, 0.5) is 0 Å². The monoisotopic (exact) mass is 531 g/mol. The third-order valence-electron chi connectivity index (χ3n) is 5.19. The predicted molar refractivity (Wildman–Crippen MR) is 159 cm³/mol. The molecule has 1 N–H and O–H groups in total. The van der Waals surface area contributed by atoms with Crippen molar-refractivity contribution in [3.63, 3.8) is 0 Å².